The van der Waals surface area contributed by atoms with Gasteiger partial charge in [-0.1, -0.05) is 13.8 Å². The third-order valence-corrected chi connectivity index (χ3v) is 3.47. The maximum Gasteiger partial charge on any atom is 0.266 e. The molecule has 0 saturated carbocycles. The van der Waals surface area contributed by atoms with E-state index in [-0.39, 0.29) is 11.5 Å². The summed E-state index contributed by atoms with van der Waals surface area (Å²) in [5, 5.41) is 15.3. The van der Waals surface area contributed by atoms with E-state index >= 15 is 0 Å². The number of likely N-dealkylation sites (N-methyl/N-ethyl adjacent to an activating group) is 1. The molecule has 0 spiro atoms. The maximum atomic E-state index is 12.1. The Hall–Kier alpha value is -1.58. The molecule has 6 heteroatoms. The molecule has 1 saturated heterocycles. The second kappa shape index (κ2) is 9.34. The quantitative estimate of drug-likeness (QED) is 0.382. The highest BCUT2D eigenvalue weighted by Gasteiger charge is 2.19. The van der Waals surface area contributed by atoms with Gasteiger partial charge in [-0.15, -0.1) is 0 Å². The van der Waals surface area contributed by atoms with E-state index in [2.05, 4.69) is 29.4 Å². The van der Waals surface area contributed by atoms with Crippen molar-refractivity contribution in [1.29, 1.82) is 5.26 Å². The van der Waals surface area contributed by atoms with Gasteiger partial charge in [-0.25, -0.2) is 0 Å². The van der Waals surface area contributed by atoms with E-state index in [0.29, 0.717) is 13.1 Å². The highest BCUT2D eigenvalue weighted by Crippen LogP contribution is 2.01. The molecule has 0 radical (unpaired) electrons. The summed E-state index contributed by atoms with van der Waals surface area (Å²) in [6.07, 6.45) is 1.55. The first-order valence-electron chi connectivity index (χ1n) is 7.28. The fourth-order valence-corrected chi connectivity index (χ4v) is 2.12. The summed E-state index contributed by atoms with van der Waals surface area (Å²) in [4.78, 5) is 16.1. The number of rotatable bonds is 7. The van der Waals surface area contributed by atoms with Crippen LogP contribution in [0.25, 0.3) is 0 Å². The van der Waals surface area contributed by atoms with Gasteiger partial charge >= 0.3 is 0 Å². The Morgan fingerprint density at radius 3 is 2.60 bits per heavy atom. The van der Waals surface area contributed by atoms with E-state index in [0.717, 1.165) is 39.3 Å². The monoisotopic (exact) mass is 279 g/mol. The molecule has 1 aliphatic rings. The Kier molecular flexibility index (Phi) is 7.70. The molecule has 0 aromatic rings. The molecule has 0 aromatic carbocycles. The fourth-order valence-electron chi connectivity index (χ4n) is 2.12. The van der Waals surface area contributed by atoms with Crippen molar-refractivity contribution in [2.75, 3.05) is 52.4 Å². The fraction of sp³-hybridized carbons (Fsp3) is 0.714. The van der Waals surface area contributed by atoms with Crippen molar-refractivity contribution >= 4 is 5.91 Å². The van der Waals surface area contributed by atoms with Gasteiger partial charge in [-0.2, -0.15) is 5.26 Å². The van der Waals surface area contributed by atoms with E-state index in [1.165, 1.54) is 0 Å². The van der Waals surface area contributed by atoms with Gasteiger partial charge in [0.25, 0.3) is 5.91 Å². The minimum absolute atomic E-state index is 0.177. The second-order valence-corrected chi connectivity index (χ2v) is 4.69. The standard InChI is InChI=1S/C14H25N5O/c1-3-18(4-2)8-5-17-12-13(11-15)14(20)19-9-6-16-7-10-19/h12,16-17H,3-10H2,1-2H3/b13-12-. The van der Waals surface area contributed by atoms with Crippen molar-refractivity contribution in [1.82, 2.24) is 20.4 Å². The topological polar surface area (TPSA) is 71.4 Å². The molecule has 0 unspecified atom stereocenters. The molecule has 0 atom stereocenters. The van der Waals surface area contributed by atoms with E-state index in [1.54, 1.807) is 11.1 Å². The van der Waals surface area contributed by atoms with Crippen molar-refractivity contribution in [2.45, 2.75) is 13.8 Å². The summed E-state index contributed by atoms with van der Waals surface area (Å²) < 4.78 is 0. The summed E-state index contributed by atoms with van der Waals surface area (Å²) >= 11 is 0. The highest BCUT2D eigenvalue weighted by atomic mass is 16.2. The van der Waals surface area contributed by atoms with Crippen molar-refractivity contribution in [3.8, 4) is 6.07 Å². The molecule has 0 aliphatic carbocycles. The van der Waals surface area contributed by atoms with Gasteiger partial charge in [-0.3, -0.25) is 4.79 Å². The third kappa shape index (κ3) is 5.19. The van der Waals surface area contributed by atoms with E-state index in [4.69, 9.17) is 5.26 Å². The van der Waals surface area contributed by atoms with Crippen LogP contribution in [-0.2, 0) is 4.79 Å². The van der Waals surface area contributed by atoms with E-state index in [9.17, 15) is 4.79 Å². The van der Waals surface area contributed by atoms with Crippen molar-refractivity contribution in [3.05, 3.63) is 11.8 Å². The van der Waals surface area contributed by atoms with Gasteiger partial charge in [0.15, 0.2) is 0 Å². The van der Waals surface area contributed by atoms with Crippen LogP contribution in [0.2, 0.25) is 0 Å². The van der Waals surface area contributed by atoms with Crippen molar-refractivity contribution < 1.29 is 4.79 Å². The average Bonchev–Trinajstić information content (AvgIpc) is 2.51. The lowest BCUT2D eigenvalue weighted by Gasteiger charge is -2.27. The lowest BCUT2D eigenvalue weighted by molar-refractivity contribution is -0.127. The Labute approximate surface area is 121 Å². The Morgan fingerprint density at radius 1 is 1.40 bits per heavy atom. The Morgan fingerprint density at radius 2 is 2.05 bits per heavy atom. The smallest absolute Gasteiger partial charge is 0.266 e. The molecule has 1 heterocycles. The van der Waals surface area contributed by atoms with Crippen LogP contribution in [-0.4, -0.2) is 68.1 Å². The number of nitrogens with zero attached hydrogens (tertiary/aromatic N) is 3. The molecular weight excluding hydrogens is 254 g/mol. The van der Waals surface area contributed by atoms with Crippen molar-refractivity contribution in [2.24, 2.45) is 0 Å². The summed E-state index contributed by atoms with van der Waals surface area (Å²) in [6.45, 7) is 10.8. The minimum Gasteiger partial charge on any atom is -0.388 e. The summed E-state index contributed by atoms with van der Waals surface area (Å²) in [5.74, 6) is -0.177. The van der Waals surface area contributed by atoms with Crippen LogP contribution in [0.1, 0.15) is 13.8 Å². The number of carbonyl (C=O) groups excluding carboxylic acids is 1. The molecule has 1 amide bonds. The van der Waals surface area contributed by atoms with Gasteiger partial charge in [0, 0.05) is 45.5 Å². The normalized spacial score (nSPS) is 16.1. The average molecular weight is 279 g/mol. The van der Waals surface area contributed by atoms with Gasteiger partial charge in [0.2, 0.25) is 0 Å². The molecule has 1 rings (SSSR count). The summed E-state index contributed by atoms with van der Waals surface area (Å²) in [7, 11) is 0. The Balaban J connectivity index is 2.42. The Bertz CT molecular complexity index is 364. The molecule has 2 N–H and O–H groups in total. The van der Waals surface area contributed by atoms with Crippen LogP contribution in [0.3, 0.4) is 0 Å². The first-order valence-corrected chi connectivity index (χ1v) is 7.28. The van der Waals surface area contributed by atoms with E-state index in [1.807, 2.05) is 6.07 Å². The lowest BCUT2D eigenvalue weighted by Crippen LogP contribution is -2.47. The summed E-state index contributed by atoms with van der Waals surface area (Å²) in [5.41, 5.74) is 0.187. The molecule has 20 heavy (non-hydrogen) atoms. The summed E-state index contributed by atoms with van der Waals surface area (Å²) in [6, 6.07) is 1.99. The first-order chi connectivity index (χ1) is 9.72. The van der Waals surface area contributed by atoms with Gasteiger partial charge in [0.05, 0.1) is 0 Å². The minimum atomic E-state index is -0.177. The lowest BCUT2D eigenvalue weighted by atomic mass is 10.2. The second-order valence-electron chi connectivity index (χ2n) is 4.69. The van der Waals surface area contributed by atoms with Gasteiger partial charge in [0.1, 0.15) is 11.6 Å². The largest absolute Gasteiger partial charge is 0.388 e. The number of hydrogen-bond acceptors (Lipinski definition) is 5. The van der Waals surface area contributed by atoms with Crippen LogP contribution < -0.4 is 10.6 Å². The zero-order chi connectivity index (χ0) is 14.8. The zero-order valence-electron chi connectivity index (χ0n) is 12.5. The van der Waals surface area contributed by atoms with Gasteiger partial charge < -0.3 is 20.4 Å². The number of nitrogens with one attached hydrogen (secondary N) is 2. The highest BCUT2D eigenvalue weighted by molar-refractivity contribution is 5.97. The number of nitriles is 1. The molecule has 1 fully saturated rings. The predicted octanol–water partition coefficient (Wildman–Crippen LogP) is -0.243. The zero-order valence-corrected chi connectivity index (χ0v) is 12.5. The molecule has 0 bridgehead atoms. The van der Waals surface area contributed by atoms with Crippen molar-refractivity contribution in [3.63, 3.8) is 0 Å². The number of carbonyl (C=O) groups is 1. The number of hydrogen-bond donors (Lipinski definition) is 2. The van der Waals surface area contributed by atoms with Crippen LogP contribution in [0.5, 0.6) is 0 Å². The SMILES string of the molecule is CCN(CC)CCN/C=C(/C#N)C(=O)N1CCNCC1. The molecule has 1 aliphatic heterocycles. The first kappa shape index (κ1) is 16.5. The van der Waals surface area contributed by atoms with Gasteiger partial charge in [-0.05, 0) is 13.1 Å². The molecule has 112 valence electrons. The van der Waals surface area contributed by atoms with Crippen LogP contribution in [0, 0.1) is 11.3 Å². The number of amides is 1. The predicted molar refractivity (Wildman–Crippen MR) is 78.9 cm³/mol. The maximum absolute atomic E-state index is 12.1. The third-order valence-electron chi connectivity index (χ3n) is 3.47. The van der Waals surface area contributed by atoms with Crippen LogP contribution in [0.15, 0.2) is 11.8 Å². The molecule has 6 nitrogen and oxygen atoms in total. The molecule has 0 aromatic heterocycles. The van der Waals surface area contributed by atoms with Crippen LogP contribution >= 0.6 is 0 Å². The number of piperazine rings is 1. The molecular formula is C14H25N5O. The van der Waals surface area contributed by atoms with E-state index < -0.39 is 0 Å². The van der Waals surface area contributed by atoms with Crippen LogP contribution in [0.4, 0.5) is 0 Å².